The van der Waals surface area contributed by atoms with E-state index in [0.717, 1.165) is 42.2 Å². The van der Waals surface area contributed by atoms with Crippen molar-refractivity contribution in [3.8, 4) is 0 Å². The first-order valence-electron chi connectivity index (χ1n) is 9.17. The molecule has 0 fully saturated rings. The first-order chi connectivity index (χ1) is 12.5. The van der Waals surface area contributed by atoms with Crippen molar-refractivity contribution in [2.24, 2.45) is 4.99 Å². The summed E-state index contributed by atoms with van der Waals surface area (Å²) in [6, 6.07) is 8.67. The number of benzene rings is 1. The van der Waals surface area contributed by atoms with Gasteiger partial charge >= 0.3 is 0 Å². The number of nitrogens with zero attached hydrogens (tertiary/aromatic N) is 5. The molecule has 1 heterocycles. The molecule has 0 aliphatic carbocycles. The van der Waals surface area contributed by atoms with Crippen LogP contribution in [0.25, 0.3) is 0 Å². The molecule has 1 N–H and O–H groups in total. The minimum atomic E-state index is 0. The van der Waals surface area contributed by atoms with Crippen LogP contribution in [0, 0.1) is 0 Å². The molecule has 0 amide bonds. The van der Waals surface area contributed by atoms with Gasteiger partial charge in [-0.25, -0.2) is 0 Å². The molecule has 1 unspecified atom stereocenters. The second kappa shape index (κ2) is 12.3. The van der Waals surface area contributed by atoms with Crippen LogP contribution in [0.1, 0.15) is 38.6 Å². The van der Waals surface area contributed by atoms with Gasteiger partial charge in [-0.2, -0.15) is 0 Å². The molecular formula is C19H30BrIN6. The molecule has 2 aromatic rings. The Kier molecular flexibility index (Phi) is 10.9. The van der Waals surface area contributed by atoms with E-state index in [0.29, 0.717) is 12.6 Å². The lowest BCUT2D eigenvalue weighted by molar-refractivity contribution is 0.457. The summed E-state index contributed by atoms with van der Waals surface area (Å²) in [5, 5.41) is 11.6. The lowest BCUT2D eigenvalue weighted by Crippen LogP contribution is -2.43. The molecule has 1 atom stereocenters. The molecule has 0 aliphatic rings. The fourth-order valence-electron chi connectivity index (χ4n) is 2.56. The van der Waals surface area contributed by atoms with Crippen LogP contribution in [0.4, 0.5) is 0 Å². The van der Waals surface area contributed by atoms with Crippen LogP contribution < -0.4 is 5.32 Å². The molecule has 0 bridgehead atoms. The Morgan fingerprint density at radius 3 is 2.74 bits per heavy atom. The number of rotatable bonds is 8. The Labute approximate surface area is 188 Å². The summed E-state index contributed by atoms with van der Waals surface area (Å²) in [6.45, 7) is 8.70. The summed E-state index contributed by atoms with van der Waals surface area (Å²) in [6.07, 6.45) is 3.71. The van der Waals surface area contributed by atoms with E-state index in [1.54, 1.807) is 6.33 Å². The molecule has 150 valence electrons. The standard InChI is InChI=1S/C19H29BrN6.HI/c1-5-15(3)23-19(21-11-12-26-14-22-24-18(26)6-2)25(4)13-16-9-7-8-10-17(16)20;/h7-10,14-15H,5-6,11-13H2,1-4H3,(H,21,23);1H. The number of nitrogens with one attached hydrogen (secondary N) is 1. The smallest absolute Gasteiger partial charge is 0.194 e. The zero-order valence-electron chi connectivity index (χ0n) is 16.5. The van der Waals surface area contributed by atoms with Gasteiger partial charge in [-0.1, -0.05) is 48.0 Å². The highest BCUT2D eigenvalue weighted by Crippen LogP contribution is 2.17. The molecular weight excluding hydrogens is 519 g/mol. The Hall–Kier alpha value is -1.16. The third-order valence-corrected chi connectivity index (χ3v) is 5.10. The largest absolute Gasteiger partial charge is 0.354 e. The van der Waals surface area contributed by atoms with Crippen LogP contribution in [0.2, 0.25) is 0 Å². The predicted molar refractivity (Wildman–Crippen MR) is 126 cm³/mol. The molecule has 0 saturated carbocycles. The van der Waals surface area contributed by atoms with E-state index < -0.39 is 0 Å². The van der Waals surface area contributed by atoms with Gasteiger partial charge in [-0.05, 0) is 25.0 Å². The van der Waals surface area contributed by atoms with Crippen LogP contribution in [-0.2, 0) is 19.5 Å². The second-order valence-electron chi connectivity index (χ2n) is 6.40. The van der Waals surface area contributed by atoms with Crippen molar-refractivity contribution in [1.29, 1.82) is 0 Å². The van der Waals surface area contributed by atoms with E-state index in [-0.39, 0.29) is 24.0 Å². The summed E-state index contributed by atoms with van der Waals surface area (Å²) < 4.78 is 3.19. The van der Waals surface area contributed by atoms with E-state index in [1.165, 1.54) is 5.56 Å². The van der Waals surface area contributed by atoms with Crippen molar-refractivity contribution in [2.45, 2.75) is 52.7 Å². The Balaban J connectivity index is 0.00000364. The highest BCUT2D eigenvalue weighted by Gasteiger charge is 2.11. The van der Waals surface area contributed by atoms with Crippen molar-refractivity contribution in [3.63, 3.8) is 0 Å². The van der Waals surface area contributed by atoms with Crippen molar-refractivity contribution in [2.75, 3.05) is 13.6 Å². The monoisotopic (exact) mass is 548 g/mol. The number of aromatic nitrogens is 3. The van der Waals surface area contributed by atoms with Crippen LogP contribution in [0.15, 0.2) is 40.1 Å². The molecule has 0 aliphatic heterocycles. The lowest BCUT2D eigenvalue weighted by Gasteiger charge is -2.25. The van der Waals surface area contributed by atoms with Crippen LogP contribution in [-0.4, -0.2) is 45.3 Å². The fourth-order valence-corrected chi connectivity index (χ4v) is 2.97. The quantitative estimate of drug-likeness (QED) is 0.306. The van der Waals surface area contributed by atoms with Gasteiger partial charge in [0.1, 0.15) is 12.2 Å². The molecule has 0 saturated heterocycles. The van der Waals surface area contributed by atoms with Crippen molar-refractivity contribution in [1.82, 2.24) is 25.0 Å². The summed E-state index contributed by atoms with van der Waals surface area (Å²) in [5.74, 6) is 1.92. The lowest BCUT2D eigenvalue weighted by atomic mass is 10.2. The third kappa shape index (κ3) is 7.40. The van der Waals surface area contributed by atoms with Gasteiger partial charge in [0.25, 0.3) is 0 Å². The number of hydrogen-bond donors (Lipinski definition) is 1. The maximum Gasteiger partial charge on any atom is 0.194 e. The topological polar surface area (TPSA) is 58.3 Å². The van der Waals surface area contributed by atoms with E-state index in [4.69, 9.17) is 4.99 Å². The Morgan fingerprint density at radius 2 is 2.07 bits per heavy atom. The van der Waals surface area contributed by atoms with Crippen LogP contribution >= 0.6 is 39.9 Å². The molecule has 1 aromatic carbocycles. The minimum Gasteiger partial charge on any atom is -0.354 e. The number of halogens is 2. The molecule has 27 heavy (non-hydrogen) atoms. The highest BCUT2D eigenvalue weighted by molar-refractivity contribution is 14.0. The second-order valence-corrected chi connectivity index (χ2v) is 7.25. The first kappa shape index (κ1) is 23.9. The molecule has 8 heteroatoms. The van der Waals surface area contributed by atoms with Crippen LogP contribution in [0.3, 0.4) is 0 Å². The van der Waals surface area contributed by atoms with Gasteiger partial charge in [0.05, 0.1) is 6.54 Å². The van der Waals surface area contributed by atoms with E-state index in [1.807, 2.05) is 6.07 Å². The van der Waals surface area contributed by atoms with E-state index >= 15 is 0 Å². The maximum atomic E-state index is 4.83. The van der Waals surface area contributed by atoms with E-state index in [9.17, 15) is 0 Å². The number of aliphatic imine (C=N–C) groups is 1. The minimum absolute atomic E-state index is 0. The van der Waals surface area contributed by atoms with Crippen molar-refractivity contribution in [3.05, 3.63) is 46.5 Å². The fraction of sp³-hybridized carbons (Fsp3) is 0.526. The van der Waals surface area contributed by atoms with Crippen molar-refractivity contribution >= 4 is 45.9 Å². The zero-order chi connectivity index (χ0) is 18.9. The molecule has 0 radical (unpaired) electrons. The SMILES string of the molecule is CCc1nncn1CCN=C(NC(C)CC)N(C)Cc1ccccc1Br.I. The average Bonchev–Trinajstić information content (AvgIpc) is 3.10. The first-order valence-corrected chi connectivity index (χ1v) is 9.96. The maximum absolute atomic E-state index is 4.83. The highest BCUT2D eigenvalue weighted by atomic mass is 127. The number of hydrogen-bond acceptors (Lipinski definition) is 3. The van der Waals surface area contributed by atoms with Gasteiger partial charge in [0.2, 0.25) is 0 Å². The zero-order valence-corrected chi connectivity index (χ0v) is 20.4. The summed E-state index contributed by atoms with van der Waals surface area (Å²) in [5.41, 5.74) is 1.24. The molecule has 1 aromatic heterocycles. The average molecular weight is 549 g/mol. The number of guanidine groups is 1. The predicted octanol–water partition coefficient (Wildman–Crippen LogP) is 4.10. The molecule has 6 nitrogen and oxygen atoms in total. The van der Waals surface area contributed by atoms with Gasteiger partial charge in [-0.3, -0.25) is 4.99 Å². The number of aryl methyl sites for hydroxylation is 1. The van der Waals surface area contributed by atoms with E-state index in [2.05, 4.69) is 86.9 Å². The normalized spacial score (nSPS) is 12.4. The third-order valence-electron chi connectivity index (χ3n) is 4.33. The molecule has 0 spiro atoms. The van der Waals surface area contributed by atoms with Gasteiger partial charge in [-0.15, -0.1) is 34.2 Å². The van der Waals surface area contributed by atoms with Crippen molar-refractivity contribution < 1.29 is 0 Å². The summed E-state index contributed by atoms with van der Waals surface area (Å²) in [7, 11) is 2.07. The van der Waals surface area contributed by atoms with Gasteiger partial charge < -0.3 is 14.8 Å². The van der Waals surface area contributed by atoms with Crippen LogP contribution in [0.5, 0.6) is 0 Å². The van der Waals surface area contributed by atoms with Gasteiger partial charge in [0.15, 0.2) is 5.96 Å². The Morgan fingerprint density at radius 1 is 1.33 bits per heavy atom. The molecule has 2 rings (SSSR count). The Bertz CT molecular complexity index is 718. The summed E-state index contributed by atoms with van der Waals surface area (Å²) in [4.78, 5) is 6.99. The van der Waals surface area contributed by atoms with Gasteiger partial charge in [0, 0.05) is 37.1 Å². The summed E-state index contributed by atoms with van der Waals surface area (Å²) >= 11 is 3.63.